The lowest BCUT2D eigenvalue weighted by Gasteiger charge is -2.17. The summed E-state index contributed by atoms with van der Waals surface area (Å²) >= 11 is 0. The van der Waals surface area contributed by atoms with Crippen LogP contribution in [0, 0.1) is 0 Å². The molecule has 1 aliphatic carbocycles. The fourth-order valence-electron chi connectivity index (χ4n) is 8.32. The van der Waals surface area contributed by atoms with Crippen LogP contribution in [0.1, 0.15) is 24.0 Å². The molecule has 0 aliphatic heterocycles. The quantitative estimate of drug-likeness (QED) is 0.172. The topological polar surface area (TPSA) is 56.7 Å². The molecule has 5 heteroatoms. The van der Waals surface area contributed by atoms with Crippen LogP contribution in [0.5, 0.6) is 0 Å². The van der Waals surface area contributed by atoms with Crippen molar-refractivity contribution in [2.45, 2.75) is 12.8 Å². The summed E-state index contributed by atoms with van der Waals surface area (Å²) in [5.74, 6) is 1.82. The van der Waals surface area contributed by atoms with E-state index in [9.17, 15) is 0 Å². The number of rotatable bonds is 6. The molecule has 1 aliphatic rings. The smallest absolute Gasteiger partial charge is 0.167 e. The maximum Gasteiger partial charge on any atom is 0.167 e. The number of hydrogen-bond acceptors (Lipinski definition) is 4. The first kappa shape index (κ1) is 32.1. The molecule has 10 aromatic rings. The fraction of sp³-hybridized carbons (Fsp3) is 0.0392. The summed E-state index contributed by atoms with van der Waals surface area (Å²) in [7, 11) is 0. The third kappa shape index (κ3) is 5.36. The SMILES string of the molecule is C1=CC(c2ccc3c(c2)oc2c(-c4nc(-c5ccccc5)nc(-c5ccccc5)n4)cccc23)=C(c2ccc3c(c2)c2ccccc2n3-c2ccccc2)CC1. The Labute approximate surface area is 323 Å². The number of hydrogen-bond donors (Lipinski definition) is 0. The molecule has 264 valence electrons. The van der Waals surface area contributed by atoms with Crippen molar-refractivity contribution in [1.82, 2.24) is 19.5 Å². The minimum atomic E-state index is 0.576. The molecular weight excluding hydrogens is 685 g/mol. The maximum atomic E-state index is 6.80. The standard InChI is InChI=1S/C51H34N4O/c1-4-15-33(16-5-1)49-52-50(34-17-6-2-7-18-34)54-51(53-49)43-25-14-24-42-41-29-27-36(32-47(41)56-48(42)43)39-22-11-10-21-38(39)35-28-30-46-44(31-35)40-23-12-13-26-45(40)55(46)37-19-8-3-9-20-37/h1-9,11-20,22-32H,10,21H2. The van der Waals surface area contributed by atoms with E-state index >= 15 is 0 Å². The first-order chi connectivity index (χ1) is 27.8. The molecule has 0 atom stereocenters. The third-order valence-electron chi connectivity index (χ3n) is 11.0. The van der Waals surface area contributed by atoms with Crippen molar-refractivity contribution in [3.63, 3.8) is 0 Å². The van der Waals surface area contributed by atoms with Crippen molar-refractivity contribution in [2.24, 2.45) is 0 Å². The third-order valence-corrected chi connectivity index (χ3v) is 11.0. The molecule has 3 aromatic heterocycles. The maximum absolute atomic E-state index is 6.80. The minimum Gasteiger partial charge on any atom is -0.455 e. The zero-order valence-electron chi connectivity index (χ0n) is 30.4. The number of benzene rings is 7. The molecule has 0 amide bonds. The number of para-hydroxylation sites is 3. The van der Waals surface area contributed by atoms with Crippen molar-refractivity contribution < 1.29 is 4.42 Å². The summed E-state index contributed by atoms with van der Waals surface area (Å²) < 4.78 is 9.17. The van der Waals surface area contributed by atoms with Crippen LogP contribution in [0.3, 0.4) is 0 Å². The summed E-state index contributed by atoms with van der Waals surface area (Å²) in [5.41, 5.74) is 12.8. The highest BCUT2D eigenvalue weighted by molar-refractivity contribution is 6.12. The summed E-state index contributed by atoms with van der Waals surface area (Å²) in [4.78, 5) is 14.9. The van der Waals surface area contributed by atoms with Crippen molar-refractivity contribution in [3.8, 4) is 39.9 Å². The van der Waals surface area contributed by atoms with Crippen LogP contribution in [0.25, 0.3) is 94.7 Å². The predicted octanol–water partition coefficient (Wildman–Crippen LogP) is 13.1. The van der Waals surface area contributed by atoms with E-state index in [1.165, 1.54) is 38.5 Å². The van der Waals surface area contributed by atoms with Crippen LogP contribution in [0.2, 0.25) is 0 Å². The van der Waals surface area contributed by atoms with E-state index in [0.717, 1.165) is 62.7 Å². The number of fused-ring (bicyclic) bond motifs is 6. The molecule has 0 radical (unpaired) electrons. The summed E-state index contributed by atoms with van der Waals surface area (Å²) in [6, 6.07) is 59.3. The Morgan fingerprint density at radius 2 is 1.11 bits per heavy atom. The van der Waals surface area contributed by atoms with Crippen LogP contribution in [-0.4, -0.2) is 19.5 Å². The Bertz CT molecular complexity index is 3120. The van der Waals surface area contributed by atoms with E-state index in [2.05, 4.69) is 120 Å². The number of aromatic nitrogens is 4. The predicted molar refractivity (Wildman–Crippen MR) is 229 cm³/mol. The highest BCUT2D eigenvalue weighted by atomic mass is 16.3. The zero-order valence-corrected chi connectivity index (χ0v) is 30.4. The van der Waals surface area contributed by atoms with E-state index in [1.807, 2.05) is 66.7 Å². The lowest BCUT2D eigenvalue weighted by molar-refractivity contribution is 0.669. The van der Waals surface area contributed by atoms with Crippen LogP contribution in [-0.2, 0) is 0 Å². The minimum absolute atomic E-state index is 0.576. The van der Waals surface area contributed by atoms with Crippen LogP contribution in [0.4, 0.5) is 0 Å². The van der Waals surface area contributed by atoms with Gasteiger partial charge in [-0.05, 0) is 83.6 Å². The van der Waals surface area contributed by atoms with Gasteiger partial charge in [-0.3, -0.25) is 0 Å². The van der Waals surface area contributed by atoms with Gasteiger partial charge >= 0.3 is 0 Å². The number of nitrogens with zero attached hydrogens (tertiary/aromatic N) is 4. The second-order valence-electron chi connectivity index (χ2n) is 14.3. The second kappa shape index (κ2) is 13.2. The Morgan fingerprint density at radius 1 is 0.464 bits per heavy atom. The molecule has 0 saturated heterocycles. The van der Waals surface area contributed by atoms with E-state index in [-0.39, 0.29) is 0 Å². The van der Waals surface area contributed by atoms with Gasteiger partial charge in [0, 0.05) is 38.4 Å². The van der Waals surface area contributed by atoms with Crippen LogP contribution < -0.4 is 0 Å². The van der Waals surface area contributed by atoms with Crippen LogP contribution in [0.15, 0.2) is 186 Å². The van der Waals surface area contributed by atoms with E-state index in [0.29, 0.717) is 17.5 Å². The van der Waals surface area contributed by atoms with Crippen molar-refractivity contribution in [3.05, 3.63) is 193 Å². The lowest BCUT2D eigenvalue weighted by atomic mass is 9.87. The molecule has 0 saturated carbocycles. The summed E-state index contributed by atoms with van der Waals surface area (Å²) in [6.45, 7) is 0. The van der Waals surface area contributed by atoms with Gasteiger partial charge in [-0.2, -0.15) is 0 Å². The molecule has 0 bridgehead atoms. The number of allylic oxidation sites excluding steroid dienone is 4. The lowest BCUT2D eigenvalue weighted by Crippen LogP contribution is -2.00. The van der Waals surface area contributed by atoms with Crippen LogP contribution >= 0.6 is 0 Å². The average molecular weight is 719 g/mol. The summed E-state index contributed by atoms with van der Waals surface area (Å²) in [5, 5.41) is 4.60. The molecule has 0 unspecified atom stereocenters. The van der Waals surface area contributed by atoms with E-state index in [4.69, 9.17) is 19.4 Å². The molecule has 7 aromatic carbocycles. The first-order valence-electron chi connectivity index (χ1n) is 19.1. The van der Waals surface area contributed by atoms with Gasteiger partial charge < -0.3 is 8.98 Å². The monoisotopic (exact) mass is 718 g/mol. The van der Waals surface area contributed by atoms with Gasteiger partial charge in [0.15, 0.2) is 17.5 Å². The Morgan fingerprint density at radius 3 is 1.88 bits per heavy atom. The molecule has 0 N–H and O–H groups in total. The Hall–Kier alpha value is -7.37. The van der Waals surface area contributed by atoms with Crippen molar-refractivity contribution >= 4 is 54.9 Å². The van der Waals surface area contributed by atoms with Gasteiger partial charge in [-0.1, -0.05) is 133 Å². The molecule has 0 fully saturated rings. The van der Waals surface area contributed by atoms with Gasteiger partial charge in [0.1, 0.15) is 11.2 Å². The number of furan rings is 1. The second-order valence-corrected chi connectivity index (χ2v) is 14.3. The largest absolute Gasteiger partial charge is 0.455 e. The van der Waals surface area contributed by atoms with Gasteiger partial charge in [0.05, 0.1) is 16.6 Å². The molecule has 11 rings (SSSR count). The van der Waals surface area contributed by atoms with Crippen molar-refractivity contribution in [2.75, 3.05) is 0 Å². The molecule has 56 heavy (non-hydrogen) atoms. The zero-order chi connectivity index (χ0) is 37.0. The molecule has 3 heterocycles. The van der Waals surface area contributed by atoms with Crippen molar-refractivity contribution in [1.29, 1.82) is 0 Å². The molecular formula is C51H34N4O. The summed E-state index contributed by atoms with van der Waals surface area (Å²) in [6.07, 6.45) is 6.53. The normalized spacial score (nSPS) is 13.1. The Kier molecular flexibility index (Phi) is 7.56. The molecule has 5 nitrogen and oxygen atoms in total. The highest BCUT2D eigenvalue weighted by Gasteiger charge is 2.20. The van der Waals surface area contributed by atoms with Gasteiger partial charge in [0.2, 0.25) is 0 Å². The Balaban J connectivity index is 1.04. The van der Waals surface area contributed by atoms with Gasteiger partial charge in [-0.25, -0.2) is 15.0 Å². The van der Waals surface area contributed by atoms with Gasteiger partial charge in [0.25, 0.3) is 0 Å². The first-order valence-corrected chi connectivity index (χ1v) is 19.1. The van der Waals surface area contributed by atoms with E-state index < -0.39 is 0 Å². The van der Waals surface area contributed by atoms with E-state index in [1.54, 1.807) is 0 Å². The molecule has 0 spiro atoms. The fourth-order valence-corrected chi connectivity index (χ4v) is 8.32. The van der Waals surface area contributed by atoms with Gasteiger partial charge in [-0.15, -0.1) is 0 Å². The highest BCUT2D eigenvalue weighted by Crippen LogP contribution is 2.41. The average Bonchev–Trinajstić information content (AvgIpc) is 3.82.